The normalized spacial score (nSPS) is 10.7. The van der Waals surface area contributed by atoms with Crippen molar-refractivity contribution in [1.82, 2.24) is 20.2 Å². The van der Waals surface area contributed by atoms with E-state index in [0.717, 1.165) is 4.88 Å². The van der Waals surface area contributed by atoms with Crippen molar-refractivity contribution in [2.24, 2.45) is 0 Å². The number of nitrogens with one attached hydrogen (secondary N) is 1. The number of rotatable bonds is 8. The van der Waals surface area contributed by atoms with Crippen molar-refractivity contribution in [1.29, 1.82) is 0 Å². The maximum Gasteiger partial charge on any atom is 0.230 e. The Hall–Kier alpha value is -2.59. The second-order valence-corrected chi connectivity index (χ2v) is 7.13. The van der Waals surface area contributed by atoms with Gasteiger partial charge in [-0.3, -0.25) is 4.79 Å². The van der Waals surface area contributed by atoms with E-state index in [2.05, 4.69) is 15.5 Å². The summed E-state index contributed by atoms with van der Waals surface area (Å²) < 4.78 is 19.6. The van der Waals surface area contributed by atoms with Crippen LogP contribution in [0, 0.1) is 5.82 Å². The van der Waals surface area contributed by atoms with E-state index in [0.29, 0.717) is 23.3 Å². The second kappa shape index (κ2) is 8.68. The second-order valence-electron chi connectivity index (χ2n) is 5.16. The van der Waals surface area contributed by atoms with Crippen molar-refractivity contribution in [3.63, 3.8) is 0 Å². The first kappa shape index (κ1) is 18.2. The molecule has 0 saturated carbocycles. The predicted molar refractivity (Wildman–Crippen MR) is 97.8 cm³/mol. The number of hydrogen-bond donors (Lipinski definition) is 2. The van der Waals surface area contributed by atoms with Crippen molar-refractivity contribution in [2.45, 2.75) is 18.3 Å². The monoisotopic (exact) mass is 393 g/mol. The number of amides is 1. The quantitative estimate of drug-likeness (QED) is 0.450. The number of nitrogen functional groups attached to an aromatic ring is 1. The third-order valence-corrected chi connectivity index (χ3v) is 5.11. The van der Waals surface area contributed by atoms with Crippen molar-refractivity contribution in [3.05, 3.63) is 58.3 Å². The summed E-state index contributed by atoms with van der Waals surface area (Å²) in [6.45, 7) is 0.587. The van der Waals surface area contributed by atoms with Gasteiger partial charge in [0.15, 0.2) is 5.82 Å². The molecule has 1 aromatic carbocycles. The number of carbonyl (C=O) groups excluding carboxylic acids is 1. The van der Waals surface area contributed by atoms with E-state index in [9.17, 15) is 9.18 Å². The van der Waals surface area contributed by atoms with E-state index in [4.69, 9.17) is 10.6 Å². The molecule has 3 rings (SSSR count). The highest BCUT2D eigenvalue weighted by Gasteiger charge is 2.13. The standard InChI is InChI=1S/C16H16FN5O2S2/c17-11-3-5-12(6-4-11)24-9-14-20-21-16(22(14)18)26-10-15(23)19-8-13-2-1-7-25-13/h1-7H,8-10,18H2,(H,19,23). The fraction of sp³-hybridized carbons (Fsp3) is 0.188. The minimum Gasteiger partial charge on any atom is -0.486 e. The van der Waals surface area contributed by atoms with Crippen LogP contribution in [0.1, 0.15) is 10.7 Å². The van der Waals surface area contributed by atoms with Gasteiger partial charge in [-0.05, 0) is 35.7 Å². The summed E-state index contributed by atoms with van der Waals surface area (Å²) in [5.74, 6) is 6.55. The highest BCUT2D eigenvalue weighted by atomic mass is 32.2. The molecule has 0 spiro atoms. The molecule has 26 heavy (non-hydrogen) atoms. The lowest BCUT2D eigenvalue weighted by Gasteiger charge is -2.06. The molecule has 10 heteroatoms. The molecule has 2 aromatic heterocycles. The summed E-state index contributed by atoms with van der Waals surface area (Å²) in [6.07, 6.45) is 0. The van der Waals surface area contributed by atoms with Gasteiger partial charge in [-0.25, -0.2) is 9.07 Å². The molecule has 2 heterocycles. The Labute approximate surface area is 157 Å². The summed E-state index contributed by atoms with van der Waals surface area (Å²) in [5, 5.41) is 13.1. The molecule has 0 radical (unpaired) electrons. The Bertz CT molecular complexity index is 852. The van der Waals surface area contributed by atoms with Gasteiger partial charge in [0.25, 0.3) is 0 Å². The molecule has 0 aliphatic carbocycles. The summed E-state index contributed by atoms with van der Waals surface area (Å²) in [5.41, 5.74) is 0. The van der Waals surface area contributed by atoms with Crippen LogP contribution in [0.15, 0.2) is 46.9 Å². The molecule has 1 amide bonds. The fourth-order valence-electron chi connectivity index (χ4n) is 1.96. The van der Waals surface area contributed by atoms with Crippen LogP contribution in [0.5, 0.6) is 5.75 Å². The van der Waals surface area contributed by atoms with Gasteiger partial charge in [-0.15, -0.1) is 21.5 Å². The smallest absolute Gasteiger partial charge is 0.230 e. The van der Waals surface area contributed by atoms with Gasteiger partial charge < -0.3 is 15.9 Å². The van der Waals surface area contributed by atoms with Gasteiger partial charge in [0.1, 0.15) is 18.2 Å². The minimum atomic E-state index is -0.338. The molecule has 0 atom stereocenters. The number of benzene rings is 1. The minimum absolute atomic E-state index is 0.0836. The van der Waals surface area contributed by atoms with Crippen LogP contribution in [0.2, 0.25) is 0 Å². The molecule has 136 valence electrons. The molecule has 0 bridgehead atoms. The Kier molecular flexibility index (Phi) is 6.08. The van der Waals surface area contributed by atoms with Gasteiger partial charge in [0, 0.05) is 4.88 Å². The van der Waals surface area contributed by atoms with Gasteiger partial charge in [0.05, 0.1) is 12.3 Å². The molecule has 3 aromatic rings. The molecular formula is C16H16FN5O2S2. The Morgan fingerprint density at radius 1 is 1.31 bits per heavy atom. The topological polar surface area (TPSA) is 95.1 Å². The van der Waals surface area contributed by atoms with Crippen molar-refractivity contribution in [3.8, 4) is 5.75 Å². The number of carbonyl (C=O) groups is 1. The Balaban J connectivity index is 1.47. The van der Waals surface area contributed by atoms with Crippen LogP contribution in [0.3, 0.4) is 0 Å². The van der Waals surface area contributed by atoms with Crippen LogP contribution in [-0.4, -0.2) is 26.5 Å². The zero-order valence-corrected chi connectivity index (χ0v) is 15.2. The number of ether oxygens (including phenoxy) is 1. The van der Waals surface area contributed by atoms with E-state index in [-0.39, 0.29) is 24.1 Å². The van der Waals surface area contributed by atoms with Gasteiger partial charge in [-0.1, -0.05) is 17.8 Å². The lowest BCUT2D eigenvalue weighted by molar-refractivity contribution is -0.118. The lowest BCUT2D eigenvalue weighted by atomic mass is 10.3. The molecule has 0 aliphatic heterocycles. The van der Waals surface area contributed by atoms with E-state index in [1.165, 1.54) is 40.7 Å². The average Bonchev–Trinajstić information content (AvgIpc) is 3.28. The summed E-state index contributed by atoms with van der Waals surface area (Å²) >= 11 is 2.77. The Morgan fingerprint density at radius 2 is 2.12 bits per heavy atom. The van der Waals surface area contributed by atoms with Gasteiger partial charge >= 0.3 is 0 Å². The number of nitrogens with zero attached hydrogens (tertiary/aromatic N) is 3. The lowest BCUT2D eigenvalue weighted by Crippen LogP contribution is -2.24. The molecule has 0 aliphatic rings. The van der Waals surface area contributed by atoms with Crippen molar-refractivity contribution >= 4 is 29.0 Å². The number of aromatic nitrogens is 3. The molecule has 0 fully saturated rings. The number of thiophene rings is 1. The van der Waals surface area contributed by atoms with E-state index >= 15 is 0 Å². The maximum atomic E-state index is 12.9. The predicted octanol–water partition coefficient (Wildman–Crippen LogP) is 2.18. The highest BCUT2D eigenvalue weighted by molar-refractivity contribution is 7.99. The van der Waals surface area contributed by atoms with Crippen LogP contribution in [0.25, 0.3) is 0 Å². The van der Waals surface area contributed by atoms with E-state index < -0.39 is 0 Å². The van der Waals surface area contributed by atoms with E-state index in [1.54, 1.807) is 11.3 Å². The summed E-state index contributed by atoms with van der Waals surface area (Å²) in [6, 6.07) is 9.53. The largest absolute Gasteiger partial charge is 0.486 e. The van der Waals surface area contributed by atoms with Gasteiger partial charge in [0.2, 0.25) is 11.1 Å². The van der Waals surface area contributed by atoms with Crippen LogP contribution >= 0.6 is 23.1 Å². The molecule has 0 saturated heterocycles. The number of hydrogen-bond acceptors (Lipinski definition) is 7. The van der Waals surface area contributed by atoms with Crippen LogP contribution in [0.4, 0.5) is 4.39 Å². The first-order chi connectivity index (χ1) is 12.6. The molecule has 0 unspecified atom stereocenters. The molecular weight excluding hydrogens is 377 g/mol. The maximum absolute atomic E-state index is 12.9. The van der Waals surface area contributed by atoms with Crippen molar-refractivity contribution < 1.29 is 13.9 Å². The van der Waals surface area contributed by atoms with E-state index in [1.807, 2.05) is 17.5 Å². The van der Waals surface area contributed by atoms with Gasteiger partial charge in [-0.2, -0.15) is 0 Å². The number of nitrogens with two attached hydrogens (primary N) is 1. The number of thioether (sulfide) groups is 1. The SMILES string of the molecule is Nn1c(COc2ccc(F)cc2)nnc1SCC(=O)NCc1cccs1. The number of halogens is 1. The summed E-state index contributed by atoms with van der Waals surface area (Å²) in [4.78, 5) is 13.0. The average molecular weight is 393 g/mol. The highest BCUT2D eigenvalue weighted by Crippen LogP contribution is 2.17. The zero-order valence-electron chi connectivity index (χ0n) is 13.6. The molecule has 7 nitrogen and oxygen atoms in total. The van der Waals surface area contributed by atoms with Crippen LogP contribution in [-0.2, 0) is 17.9 Å². The fourth-order valence-corrected chi connectivity index (χ4v) is 3.31. The first-order valence-electron chi connectivity index (χ1n) is 7.61. The van der Waals surface area contributed by atoms with Crippen molar-refractivity contribution in [2.75, 3.05) is 11.6 Å². The van der Waals surface area contributed by atoms with Crippen LogP contribution < -0.4 is 15.9 Å². The summed E-state index contributed by atoms with van der Waals surface area (Å²) in [7, 11) is 0. The Morgan fingerprint density at radius 3 is 2.85 bits per heavy atom. The third kappa shape index (κ3) is 4.96. The zero-order chi connectivity index (χ0) is 18.4. The first-order valence-corrected chi connectivity index (χ1v) is 9.48. The third-order valence-electron chi connectivity index (χ3n) is 3.29. The molecule has 3 N–H and O–H groups in total.